The normalized spacial score (nSPS) is 13.8. The zero-order valence-corrected chi connectivity index (χ0v) is 24.6. The van der Waals surface area contributed by atoms with E-state index in [2.05, 4.69) is 46.9 Å². The minimum atomic E-state index is -0.376. The molecule has 2 aromatic carbocycles. The number of halogens is 2. The Labute approximate surface area is 220 Å². The zero-order valence-electron chi connectivity index (χ0n) is 22.9. The van der Waals surface area contributed by atoms with E-state index in [4.69, 9.17) is 0 Å². The Hall–Kier alpha value is -2.06. The van der Waals surface area contributed by atoms with Crippen molar-refractivity contribution in [3.05, 3.63) is 46.0 Å². The van der Waals surface area contributed by atoms with Crippen LogP contribution in [0.2, 0.25) is 0 Å². The molecular weight excluding hydrogens is 494 g/mol. The van der Waals surface area contributed by atoms with Crippen LogP contribution in [-0.2, 0) is 21.7 Å². The first kappa shape index (κ1) is 27.0. The van der Waals surface area contributed by atoms with Crippen molar-refractivity contribution in [2.75, 3.05) is 0 Å². The summed E-state index contributed by atoms with van der Waals surface area (Å²) in [6, 6.07) is 3.33. The Balaban J connectivity index is 1.72. The minimum absolute atomic E-state index is 0.208. The number of hydrogen-bond acceptors (Lipinski definition) is 6. The maximum atomic E-state index is 15.4. The number of aromatic nitrogens is 4. The predicted molar refractivity (Wildman–Crippen MR) is 147 cm³/mol. The summed E-state index contributed by atoms with van der Waals surface area (Å²) < 4.78 is 41.0. The Morgan fingerprint density at radius 1 is 0.611 bits per heavy atom. The molecule has 4 rings (SSSR count). The van der Waals surface area contributed by atoms with E-state index >= 15 is 8.78 Å². The molecule has 0 aliphatic heterocycles. The van der Waals surface area contributed by atoms with Gasteiger partial charge >= 0.3 is 0 Å². The van der Waals surface area contributed by atoms with Crippen molar-refractivity contribution in [3.8, 4) is 0 Å². The van der Waals surface area contributed by atoms with Crippen LogP contribution in [0.25, 0.3) is 20.4 Å². The lowest BCUT2D eigenvalue weighted by atomic mass is 9.71. The Morgan fingerprint density at radius 3 is 1.61 bits per heavy atom. The maximum Gasteiger partial charge on any atom is 0.129 e. The highest BCUT2D eigenvalue weighted by atomic mass is 32.1. The molecule has 0 saturated carbocycles. The molecule has 0 unspecified atom stereocenters. The average molecular weight is 531 g/mol. The molecule has 0 aliphatic carbocycles. The predicted octanol–water partition coefficient (Wildman–Crippen LogP) is 8.60. The van der Waals surface area contributed by atoms with Gasteiger partial charge in [0.05, 0.1) is 9.40 Å². The molecule has 0 bridgehead atoms. The Morgan fingerprint density at radius 2 is 1.06 bits per heavy atom. The quantitative estimate of drug-likeness (QED) is 0.259. The zero-order chi connectivity index (χ0) is 26.8. The number of hydrogen-bond donors (Lipinski definition) is 0. The van der Waals surface area contributed by atoms with Crippen LogP contribution in [0.1, 0.15) is 104 Å². The summed E-state index contributed by atoms with van der Waals surface area (Å²) in [4.78, 5) is 0. The fourth-order valence-corrected chi connectivity index (χ4v) is 6.94. The van der Waals surface area contributed by atoms with Crippen LogP contribution in [0, 0.1) is 11.6 Å². The third-order valence-corrected chi connectivity index (χ3v) is 8.80. The second kappa shape index (κ2) is 8.76. The molecule has 0 aliphatic rings. The summed E-state index contributed by atoms with van der Waals surface area (Å²) in [5.41, 5.74) is 3.07. The van der Waals surface area contributed by atoms with E-state index < -0.39 is 0 Å². The van der Waals surface area contributed by atoms with Gasteiger partial charge < -0.3 is 0 Å². The highest BCUT2D eigenvalue weighted by molar-refractivity contribution is 7.13. The molecule has 36 heavy (non-hydrogen) atoms. The van der Waals surface area contributed by atoms with Gasteiger partial charge in [-0.1, -0.05) is 78.2 Å². The van der Waals surface area contributed by atoms with Gasteiger partial charge in [-0.05, 0) is 80.8 Å². The number of fused-ring (bicyclic) bond motifs is 2. The van der Waals surface area contributed by atoms with Crippen LogP contribution < -0.4 is 0 Å². The van der Waals surface area contributed by atoms with Crippen molar-refractivity contribution in [2.45, 2.75) is 104 Å². The summed E-state index contributed by atoms with van der Waals surface area (Å²) >= 11 is 2.58. The Kier molecular flexibility index (Phi) is 6.57. The second-order valence-corrected chi connectivity index (χ2v) is 14.7. The van der Waals surface area contributed by atoms with Crippen molar-refractivity contribution >= 4 is 43.5 Å². The molecule has 8 heteroatoms. The van der Waals surface area contributed by atoms with Crippen LogP contribution in [0.5, 0.6) is 0 Å². The van der Waals surface area contributed by atoms with E-state index in [-0.39, 0.29) is 33.3 Å². The van der Waals surface area contributed by atoms with Gasteiger partial charge in [-0.15, -0.1) is 10.2 Å². The number of rotatable bonds is 5. The van der Waals surface area contributed by atoms with Crippen molar-refractivity contribution in [1.29, 1.82) is 0 Å². The van der Waals surface area contributed by atoms with Crippen LogP contribution >= 0.6 is 23.1 Å². The summed E-state index contributed by atoms with van der Waals surface area (Å²) in [5, 5.41) is 8.73. The lowest BCUT2D eigenvalue weighted by Crippen LogP contribution is -2.26. The minimum Gasteiger partial charge on any atom is -0.207 e. The van der Waals surface area contributed by atoms with Gasteiger partial charge in [-0.25, -0.2) is 8.78 Å². The molecule has 194 valence electrons. The van der Waals surface area contributed by atoms with Crippen LogP contribution in [-0.4, -0.2) is 19.2 Å². The van der Waals surface area contributed by atoms with E-state index in [1.807, 2.05) is 41.5 Å². The molecule has 0 radical (unpaired) electrons. The largest absolute Gasteiger partial charge is 0.207 e. The van der Waals surface area contributed by atoms with E-state index in [9.17, 15) is 0 Å². The van der Waals surface area contributed by atoms with Gasteiger partial charge in [0.2, 0.25) is 0 Å². The van der Waals surface area contributed by atoms with Crippen molar-refractivity contribution in [1.82, 2.24) is 19.2 Å². The van der Waals surface area contributed by atoms with Gasteiger partial charge in [-0.3, -0.25) is 0 Å². The fourth-order valence-electron chi connectivity index (χ4n) is 5.14. The maximum absolute atomic E-state index is 15.4. The van der Waals surface area contributed by atoms with E-state index in [0.29, 0.717) is 16.6 Å². The summed E-state index contributed by atoms with van der Waals surface area (Å²) in [5.74, 6) is -0.444. The highest BCUT2D eigenvalue weighted by Crippen LogP contribution is 2.45. The van der Waals surface area contributed by atoms with E-state index in [1.54, 1.807) is 12.1 Å². The summed E-state index contributed by atoms with van der Waals surface area (Å²) in [7, 11) is 0. The van der Waals surface area contributed by atoms with E-state index in [0.717, 1.165) is 38.9 Å². The van der Waals surface area contributed by atoms with Gasteiger partial charge in [-0.2, -0.15) is 0 Å². The van der Waals surface area contributed by atoms with Crippen molar-refractivity contribution in [3.63, 3.8) is 0 Å². The monoisotopic (exact) mass is 530 g/mol. The molecule has 0 N–H and O–H groups in total. The first-order chi connectivity index (χ1) is 16.4. The highest BCUT2D eigenvalue weighted by Gasteiger charge is 2.35. The van der Waals surface area contributed by atoms with Gasteiger partial charge in [0, 0.05) is 11.1 Å². The molecule has 0 atom stereocenters. The second-order valence-electron chi connectivity index (χ2n) is 13.2. The van der Waals surface area contributed by atoms with Gasteiger partial charge in [0.1, 0.15) is 22.7 Å². The molecule has 4 nitrogen and oxygen atoms in total. The molecule has 2 aromatic heterocycles. The van der Waals surface area contributed by atoms with Crippen LogP contribution in [0.15, 0.2) is 12.1 Å². The summed E-state index contributed by atoms with van der Waals surface area (Å²) in [6.45, 7) is 20.5. The molecule has 0 amide bonds. The van der Waals surface area contributed by atoms with Crippen LogP contribution in [0.4, 0.5) is 8.78 Å². The molecule has 0 saturated heterocycles. The Bertz CT molecular complexity index is 1330. The number of nitrogens with zero attached hydrogens (tertiary/aromatic N) is 4. The molecule has 0 fully saturated rings. The SMILES string of the molecule is CC(C)(C)c1c(F)cc(C(C)(C)CCC(C)(C)c2cc(F)c(C(C)(C)C)c3snnc23)c2snnc12. The molecule has 4 aromatic rings. The molecular formula is C28H36F2N4S2. The first-order valence-electron chi connectivity index (χ1n) is 12.4. The van der Waals surface area contributed by atoms with Gasteiger partial charge in [0.25, 0.3) is 0 Å². The molecule has 2 heterocycles. The number of benzene rings is 2. The average Bonchev–Trinajstić information content (AvgIpc) is 3.38. The first-order valence-corrected chi connectivity index (χ1v) is 13.9. The van der Waals surface area contributed by atoms with Crippen molar-refractivity contribution < 1.29 is 8.78 Å². The van der Waals surface area contributed by atoms with E-state index in [1.165, 1.54) is 23.1 Å². The standard InChI is InChI=1S/C28H36F2N4S2/c1-25(2,3)19-17(29)14-16(23-22(19)32-34-35-23)28(9,10)12-11-27(7,8)15-13-18(30)20(26(4,5)6)24-21(15)31-33-36-24/h13-14H,11-12H2,1-10H3. The van der Waals surface area contributed by atoms with Crippen molar-refractivity contribution in [2.24, 2.45) is 0 Å². The lowest BCUT2D eigenvalue weighted by molar-refractivity contribution is 0.375. The molecule has 0 spiro atoms. The smallest absolute Gasteiger partial charge is 0.129 e. The lowest BCUT2D eigenvalue weighted by Gasteiger charge is -2.33. The third-order valence-electron chi connectivity index (χ3n) is 7.29. The van der Waals surface area contributed by atoms with Crippen LogP contribution in [0.3, 0.4) is 0 Å². The summed E-state index contributed by atoms with van der Waals surface area (Å²) in [6.07, 6.45) is 1.53. The van der Waals surface area contributed by atoms with Gasteiger partial charge in [0.15, 0.2) is 0 Å². The fraction of sp³-hybridized carbons (Fsp3) is 0.571. The third kappa shape index (κ3) is 4.67. The topological polar surface area (TPSA) is 51.6 Å².